The summed E-state index contributed by atoms with van der Waals surface area (Å²) in [5.41, 5.74) is 1.82. The third-order valence-corrected chi connectivity index (χ3v) is 4.27. The molecule has 1 amide bonds. The molecule has 18 heavy (non-hydrogen) atoms. The average Bonchev–Trinajstić information content (AvgIpc) is 2.34. The van der Waals surface area contributed by atoms with Gasteiger partial charge in [-0.1, -0.05) is 12.5 Å². The number of amides is 1. The minimum atomic E-state index is -0.101. The molecule has 1 N–H and O–H groups in total. The van der Waals surface area contributed by atoms with Crippen LogP contribution in [0.5, 0.6) is 5.75 Å². The third-order valence-electron chi connectivity index (χ3n) is 4.27. The van der Waals surface area contributed by atoms with E-state index in [-0.39, 0.29) is 24.5 Å². The maximum Gasteiger partial charge on any atom is 0.264 e. The molecule has 1 aromatic carbocycles. The molecule has 1 fully saturated rings. The molecule has 0 aromatic heterocycles. The van der Waals surface area contributed by atoms with E-state index < -0.39 is 0 Å². The minimum absolute atomic E-state index is 0.0358. The summed E-state index contributed by atoms with van der Waals surface area (Å²) in [6.45, 7) is 0.276. The first kappa shape index (κ1) is 11.5. The summed E-state index contributed by atoms with van der Waals surface area (Å²) in [6.07, 6.45) is 3.19. The summed E-state index contributed by atoms with van der Waals surface area (Å²) in [6, 6.07) is 5.91. The van der Waals surface area contributed by atoms with Crippen molar-refractivity contribution in [3.8, 4) is 5.75 Å². The van der Waals surface area contributed by atoms with Crippen LogP contribution in [0.1, 0.15) is 24.8 Å². The molecule has 2 aliphatic rings. The van der Waals surface area contributed by atoms with Gasteiger partial charge in [-0.05, 0) is 30.5 Å². The van der Waals surface area contributed by atoms with Crippen molar-refractivity contribution in [2.24, 2.45) is 0 Å². The Morgan fingerprint density at radius 1 is 1.44 bits per heavy atom. The van der Waals surface area contributed by atoms with Crippen LogP contribution in [0.3, 0.4) is 0 Å². The highest BCUT2D eigenvalue weighted by Crippen LogP contribution is 2.45. The first-order valence-electron chi connectivity index (χ1n) is 6.31. The zero-order chi connectivity index (χ0) is 12.8. The Balaban J connectivity index is 2.02. The summed E-state index contributed by atoms with van der Waals surface area (Å²) in [5.74, 6) is 0.708. The van der Waals surface area contributed by atoms with E-state index in [0.717, 1.165) is 36.3 Å². The zero-order valence-corrected chi connectivity index (χ0v) is 10.5. The van der Waals surface area contributed by atoms with Crippen molar-refractivity contribution < 1.29 is 14.6 Å². The van der Waals surface area contributed by atoms with Crippen LogP contribution in [0.4, 0.5) is 5.69 Å². The summed E-state index contributed by atoms with van der Waals surface area (Å²) < 4.78 is 5.41. The van der Waals surface area contributed by atoms with Gasteiger partial charge in [-0.15, -0.1) is 0 Å². The van der Waals surface area contributed by atoms with Gasteiger partial charge < -0.3 is 14.7 Å². The Bertz CT molecular complexity index is 488. The fourth-order valence-electron chi connectivity index (χ4n) is 2.74. The van der Waals surface area contributed by atoms with Crippen molar-refractivity contribution in [3.63, 3.8) is 0 Å². The maximum absolute atomic E-state index is 11.6. The number of carbonyl (C=O) groups is 1. The van der Waals surface area contributed by atoms with Crippen LogP contribution in [-0.4, -0.2) is 31.3 Å². The molecule has 3 rings (SSSR count). The van der Waals surface area contributed by atoms with E-state index in [1.165, 1.54) is 0 Å². The second kappa shape index (κ2) is 3.99. The van der Waals surface area contributed by atoms with Gasteiger partial charge in [-0.25, -0.2) is 0 Å². The molecular weight excluding hydrogens is 230 g/mol. The Kier molecular flexibility index (Phi) is 2.55. The van der Waals surface area contributed by atoms with Gasteiger partial charge in [0.1, 0.15) is 5.75 Å². The van der Waals surface area contributed by atoms with Gasteiger partial charge in [0.05, 0.1) is 12.3 Å². The lowest BCUT2D eigenvalue weighted by atomic mass is 9.65. The van der Waals surface area contributed by atoms with Crippen molar-refractivity contribution >= 4 is 11.6 Å². The molecule has 4 heteroatoms. The molecule has 1 saturated carbocycles. The molecule has 96 valence electrons. The van der Waals surface area contributed by atoms with Crippen LogP contribution in [0.25, 0.3) is 0 Å². The Hall–Kier alpha value is -1.55. The summed E-state index contributed by atoms with van der Waals surface area (Å²) >= 11 is 0. The Morgan fingerprint density at radius 2 is 2.22 bits per heavy atom. The van der Waals surface area contributed by atoms with E-state index in [1.807, 2.05) is 18.2 Å². The number of aliphatic hydroxyl groups is 1. The molecule has 0 atom stereocenters. The van der Waals surface area contributed by atoms with E-state index in [1.54, 1.807) is 11.9 Å². The predicted molar refractivity (Wildman–Crippen MR) is 68.0 cm³/mol. The van der Waals surface area contributed by atoms with Crippen molar-refractivity contribution in [1.29, 1.82) is 0 Å². The summed E-state index contributed by atoms with van der Waals surface area (Å²) in [4.78, 5) is 13.3. The number of hydrogen-bond donors (Lipinski definition) is 1. The number of likely N-dealkylation sites (N-methyl/N-ethyl adjacent to an activating group) is 1. The zero-order valence-electron chi connectivity index (χ0n) is 10.5. The molecule has 1 aliphatic heterocycles. The largest absolute Gasteiger partial charge is 0.482 e. The fraction of sp³-hybridized carbons (Fsp3) is 0.500. The van der Waals surface area contributed by atoms with Gasteiger partial charge in [-0.2, -0.15) is 0 Å². The number of hydrogen-bond acceptors (Lipinski definition) is 3. The lowest BCUT2D eigenvalue weighted by Crippen LogP contribution is -2.39. The molecule has 1 aromatic rings. The van der Waals surface area contributed by atoms with E-state index >= 15 is 0 Å². The Labute approximate surface area is 106 Å². The topological polar surface area (TPSA) is 49.8 Å². The SMILES string of the molecule is CN1C(=O)COc2ccc(C3(CO)CCC3)cc21. The smallest absolute Gasteiger partial charge is 0.264 e. The first-order valence-corrected chi connectivity index (χ1v) is 6.31. The van der Waals surface area contributed by atoms with Gasteiger partial charge in [0.2, 0.25) is 0 Å². The second-order valence-electron chi connectivity index (χ2n) is 5.22. The number of anilines is 1. The molecule has 1 heterocycles. The van der Waals surface area contributed by atoms with Crippen molar-refractivity contribution in [1.82, 2.24) is 0 Å². The van der Waals surface area contributed by atoms with E-state index in [9.17, 15) is 9.90 Å². The van der Waals surface area contributed by atoms with Crippen LogP contribution >= 0.6 is 0 Å². The number of aliphatic hydroxyl groups excluding tert-OH is 1. The standard InChI is InChI=1S/C14H17NO3/c1-15-11-7-10(14(9-16)5-2-6-14)3-4-12(11)18-8-13(15)17/h3-4,7,16H,2,5-6,8-9H2,1H3. The lowest BCUT2D eigenvalue weighted by Gasteiger charge is -2.41. The van der Waals surface area contributed by atoms with E-state index in [0.29, 0.717) is 0 Å². The minimum Gasteiger partial charge on any atom is -0.482 e. The molecule has 0 unspecified atom stereocenters. The van der Waals surface area contributed by atoms with Gasteiger partial charge in [-0.3, -0.25) is 4.79 Å². The predicted octanol–water partition coefficient (Wildman–Crippen LogP) is 1.46. The van der Waals surface area contributed by atoms with Crippen LogP contribution in [-0.2, 0) is 10.2 Å². The van der Waals surface area contributed by atoms with Crippen molar-refractivity contribution in [2.45, 2.75) is 24.7 Å². The number of benzene rings is 1. The quantitative estimate of drug-likeness (QED) is 0.860. The molecular formula is C14H17NO3. The van der Waals surface area contributed by atoms with Gasteiger partial charge >= 0.3 is 0 Å². The lowest BCUT2D eigenvalue weighted by molar-refractivity contribution is -0.120. The first-order chi connectivity index (χ1) is 8.66. The number of fused-ring (bicyclic) bond motifs is 1. The fourth-order valence-corrected chi connectivity index (χ4v) is 2.74. The molecule has 0 bridgehead atoms. The van der Waals surface area contributed by atoms with Crippen LogP contribution < -0.4 is 9.64 Å². The van der Waals surface area contributed by atoms with Crippen molar-refractivity contribution in [3.05, 3.63) is 23.8 Å². The summed E-state index contributed by atoms with van der Waals surface area (Å²) in [5, 5.41) is 9.60. The second-order valence-corrected chi connectivity index (χ2v) is 5.22. The number of carbonyl (C=O) groups excluding carboxylic acids is 1. The number of nitrogens with zero attached hydrogens (tertiary/aromatic N) is 1. The highest BCUT2D eigenvalue weighted by Gasteiger charge is 2.39. The highest BCUT2D eigenvalue weighted by molar-refractivity contribution is 5.97. The van der Waals surface area contributed by atoms with Crippen LogP contribution in [0.2, 0.25) is 0 Å². The van der Waals surface area contributed by atoms with Gasteiger partial charge in [0.25, 0.3) is 5.91 Å². The summed E-state index contributed by atoms with van der Waals surface area (Å²) in [7, 11) is 1.76. The third kappa shape index (κ3) is 1.52. The maximum atomic E-state index is 11.6. The molecule has 0 spiro atoms. The number of ether oxygens (including phenoxy) is 1. The van der Waals surface area contributed by atoms with Crippen molar-refractivity contribution in [2.75, 3.05) is 25.2 Å². The molecule has 0 radical (unpaired) electrons. The van der Waals surface area contributed by atoms with E-state index in [4.69, 9.17) is 4.74 Å². The normalized spacial score (nSPS) is 21.0. The number of rotatable bonds is 2. The van der Waals surface area contributed by atoms with Crippen LogP contribution in [0, 0.1) is 0 Å². The molecule has 1 aliphatic carbocycles. The monoisotopic (exact) mass is 247 g/mol. The molecule has 4 nitrogen and oxygen atoms in total. The van der Waals surface area contributed by atoms with Gasteiger partial charge in [0.15, 0.2) is 6.61 Å². The molecule has 0 saturated heterocycles. The highest BCUT2D eigenvalue weighted by atomic mass is 16.5. The van der Waals surface area contributed by atoms with E-state index in [2.05, 4.69) is 0 Å². The average molecular weight is 247 g/mol. The Morgan fingerprint density at radius 3 is 2.83 bits per heavy atom. The van der Waals surface area contributed by atoms with Gasteiger partial charge in [0, 0.05) is 12.5 Å². The van der Waals surface area contributed by atoms with Crippen LogP contribution in [0.15, 0.2) is 18.2 Å².